The number of benzene rings is 1. The maximum Gasteiger partial charge on any atom is 0.125 e. The van der Waals surface area contributed by atoms with Gasteiger partial charge in [0.1, 0.15) is 17.7 Å². The molecule has 0 fully saturated rings. The fourth-order valence-corrected chi connectivity index (χ4v) is 3.61. The van der Waals surface area contributed by atoms with E-state index in [4.69, 9.17) is 4.74 Å². The molecule has 0 aromatic heterocycles. The van der Waals surface area contributed by atoms with Crippen LogP contribution >= 0.6 is 0 Å². The summed E-state index contributed by atoms with van der Waals surface area (Å²) in [5.41, 5.74) is 1.98. The van der Waals surface area contributed by atoms with Crippen LogP contribution in [0.25, 0.3) is 0 Å². The minimum atomic E-state index is -0.624. The zero-order valence-corrected chi connectivity index (χ0v) is 12.0. The molecule has 3 heteroatoms. The van der Waals surface area contributed by atoms with Crippen LogP contribution in [0.1, 0.15) is 44.8 Å². The van der Waals surface area contributed by atoms with Crippen molar-refractivity contribution in [2.24, 2.45) is 11.8 Å². The zero-order valence-electron chi connectivity index (χ0n) is 12.0. The average molecular weight is 276 g/mol. The second-order valence-corrected chi connectivity index (χ2v) is 6.28. The Morgan fingerprint density at radius 3 is 2.85 bits per heavy atom. The number of rotatable bonds is 1. The van der Waals surface area contributed by atoms with Crippen LogP contribution in [0, 0.1) is 17.7 Å². The molecular formula is C17H21FO2. The van der Waals surface area contributed by atoms with E-state index in [1.165, 1.54) is 17.7 Å². The molecule has 2 nitrogen and oxygen atoms in total. The topological polar surface area (TPSA) is 29.5 Å². The first-order valence-corrected chi connectivity index (χ1v) is 7.34. The van der Waals surface area contributed by atoms with Crippen LogP contribution in [0.4, 0.5) is 4.39 Å². The monoisotopic (exact) mass is 276 g/mol. The third-order valence-corrected chi connectivity index (χ3v) is 4.42. The van der Waals surface area contributed by atoms with Gasteiger partial charge in [0.15, 0.2) is 0 Å². The van der Waals surface area contributed by atoms with E-state index >= 15 is 0 Å². The van der Waals surface area contributed by atoms with Gasteiger partial charge in [-0.15, -0.1) is 0 Å². The fraction of sp³-hybridized carbons (Fsp3) is 0.529. The molecule has 0 saturated carbocycles. The number of hydrogen-bond acceptors (Lipinski definition) is 2. The summed E-state index contributed by atoms with van der Waals surface area (Å²) < 4.78 is 19.3. The third-order valence-electron chi connectivity index (χ3n) is 4.42. The predicted molar refractivity (Wildman–Crippen MR) is 76.0 cm³/mol. The molecule has 2 aliphatic rings. The zero-order chi connectivity index (χ0) is 14.3. The van der Waals surface area contributed by atoms with Crippen LogP contribution in [0.2, 0.25) is 0 Å². The van der Waals surface area contributed by atoms with Crippen LogP contribution in [0.15, 0.2) is 29.8 Å². The Balaban J connectivity index is 1.81. The second-order valence-electron chi connectivity index (χ2n) is 6.28. The Labute approximate surface area is 119 Å². The number of aliphatic hydroxyl groups excluding tert-OH is 1. The first kappa shape index (κ1) is 13.6. The molecule has 4 atom stereocenters. The lowest BCUT2D eigenvalue weighted by molar-refractivity contribution is 0.0270. The van der Waals surface area contributed by atoms with Crippen molar-refractivity contribution in [3.63, 3.8) is 0 Å². The fourth-order valence-electron chi connectivity index (χ4n) is 3.61. The van der Waals surface area contributed by atoms with E-state index < -0.39 is 6.10 Å². The summed E-state index contributed by atoms with van der Waals surface area (Å²) in [7, 11) is 0. The van der Waals surface area contributed by atoms with Gasteiger partial charge in [0.2, 0.25) is 0 Å². The minimum absolute atomic E-state index is 0.0223. The van der Waals surface area contributed by atoms with E-state index in [9.17, 15) is 9.50 Å². The van der Waals surface area contributed by atoms with Crippen molar-refractivity contribution in [1.82, 2.24) is 0 Å². The van der Waals surface area contributed by atoms with Crippen molar-refractivity contribution in [3.8, 4) is 5.75 Å². The van der Waals surface area contributed by atoms with Crippen LogP contribution < -0.4 is 4.74 Å². The Morgan fingerprint density at radius 1 is 1.30 bits per heavy atom. The molecule has 0 radical (unpaired) electrons. The molecule has 3 rings (SSSR count). The number of halogens is 1. The molecule has 0 spiro atoms. The van der Waals surface area contributed by atoms with Crippen molar-refractivity contribution in [3.05, 3.63) is 41.2 Å². The quantitative estimate of drug-likeness (QED) is 0.785. The highest BCUT2D eigenvalue weighted by atomic mass is 19.1. The Bertz CT molecular complexity index is 538. The molecule has 1 aliphatic heterocycles. The lowest BCUT2D eigenvalue weighted by atomic mass is 9.78. The Kier molecular flexibility index (Phi) is 3.55. The first-order chi connectivity index (χ1) is 9.52. The Morgan fingerprint density at radius 2 is 2.10 bits per heavy atom. The summed E-state index contributed by atoms with van der Waals surface area (Å²) in [6.45, 7) is 4.38. The summed E-state index contributed by atoms with van der Waals surface area (Å²) in [6.07, 6.45) is 4.39. The molecule has 1 aliphatic carbocycles. The summed E-state index contributed by atoms with van der Waals surface area (Å²) in [5, 5.41) is 10.3. The molecular weight excluding hydrogens is 255 g/mol. The van der Waals surface area contributed by atoms with Gasteiger partial charge in [-0.05, 0) is 43.9 Å². The van der Waals surface area contributed by atoms with Crippen molar-refractivity contribution in [2.75, 3.05) is 0 Å². The highest BCUT2D eigenvalue weighted by Gasteiger charge is 2.34. The van der Waals surface area contributed by atoms with E-state index in [0.29, 0.717) is 29.6 Å². The molecule has 108 valence electrons. The standard InChI is InChI=1S/C17H21FO2/c1-10-5-11(2)7-12(6-10)17-9-15(19)14-8-13(18)3-4-16(14)20-17/h3-5,8,10,12,15,17,19H,6-7,9H2,1-2H3/t10?,12?,15-,17?/m1/s1. The second kappa shape index (κ2) is 5.21. The summed E-state index contributed by atoms with van der Waals surface area (Å²) >= 11 is 0. The van der Waals surface area contributed by atoms with Crippen LogP contribution in [-0.4, -0.2) is 11.2 Å². The average Bonchev–Trinajstić information content (AvgIpc) is 2.38. The minimum Gasteiger partial charge on any atom is -0.490 e. The van der Waals surface area contributed by atoms with E-state index in [0.717, 1.165) is 12.8 Å². The van der Waals surface area contributed by atoms with Crippen LogP contribution in [0.5, 0.6) is 5.75 Å². The number of aliphatic hydroxyl groups is 1. The molecule has 1 aromatic rings. The van der Waals surface area contributed by atoms with Gasteiger partial charge in [-0.3, -0.25) is 0 Å². The van der Waals surface area contributed by atoms with Gasteiger partial charge in [0.05, 0.1) is 6.10 Å². The van der Waals surface area contributed by atoms with E-state index in [1.54, 1.807) is 6.07 Å². The number of ether oxygens (including phenoxy) is 1. The van der Waals surface area contributed by atoms with Gasteiger partial charge in [0.25, 0.3) is 0 Å². The van der Waals surface area contributed by atoms with Gasteiger partial charge in [-0.2, -0.15) is 0 Å². The highest BCUT2D eigenvalue weighted by molar-refractivity contribution is 5.37. The molecule has 20 heavy (non-hydrogen) atoms. The van der Waals surface area contributed by atoms with Crippen molar-refractivity contribution in [1.29, 1.82) is 0 Å². The summed E-state index contributed by atoms with van der Waals surface area (Å²) in [4.78, 5) is 0. The highest BCUT2D eigenvalue weighted by Crippen LogP contribution is 2.41. The van der Waals surface area contributed by atoms with Crippen molar-refractivity contribution < 1.29 is 14.2 Å². The van der Waals surface area contributed by atoms with Crippen LogP contribution in [0.3, 0.4) is 0 Å². The molecule has 1 heterocycles. The summed E-state index contributed by atoms with van der Waals surface area (Å²) in [6, 6.07) is 4.41. The lowest BCUT2D eigenvalue weighted by Crippen LogP contribution is -2.35. The number of hydrogen-bond donors (Lipinski definition) is 1. The third kappa shape index (κ3) is 2.59. The van der Waals surface area contributed by atoms with Gasteiger partial charge < -0.3 is 9.84 Å². The molecule has 1 aromatic carbocycles. The predicted octanol–water partition coefficient (Wildman–Crippen LogP) is 4.00. The van der Waals surface area contributed by atoms with Gasteiger partial charge in [-0.1, -0.05) is 18.6 Å². The van der Waals surface area contributed by atoms with Gasteiger partial charge >= 0.3 is 0 Å². The van der Waals surface area contributed by atoms with Crippen LogP contribution in [-0.2, 0) is 0 Å². The molecule has 0 amide bonds. The lowest BCUT2D eigenvalue weighted by Gasteiger charge is -2.37. The van der Waals surface area contributed by atoms with Crippen molar-refractivity contribution in [2.45, 2.75) is 45.3 Å². The summed E-state index contributed by atoms with van der Waals surface area (Å²) in [5.74, 6) is 1.30. The van der Waals surface area contributed by atoms with E-state index in [-0.39, 0.29) is 11.9 Å². The Hall–Kier alpha value is -1.35. The normalized spacial score (nSPS) is 33.1. The smallest absolute Gasteiger partial charge is 0.125 e. The SMILES string of the molecule is CC1=CC(C)CC(C2C[C@@H](O)c3cc(F)ccc3O2)C1. The molecule has 1 N–H and O–H groups in total. The molecule has 0 bridgehead atoms. The molecule has 3 unspecified atom stereocenters. The first-order valence-electron chi connectivity index (χ1n) is 7.34. The van der Waals surface area contributed by atoms with Crippen molar-refractivity contribution >= 4 is 0 Å². The van der Waals surface area contributed by atoms with Gasteiger partial charge in [0, 0.05) is 17.9 Å². The number of allylic oxidation sites excluding steroid dienone is 2. The maximum absolute atomic E-state index is 13.2. The van der Waals surface area contributed by atoms with E-state index in [1.807, 2.05) is 0 Å². The van der Waals surface area contributed by atoms with E-state index in [2.05, 4.69) is 19.9 Å². The largest absolute Gasteiger partial charge is 0.490 e. The maximum atomic E-state index is 13.2. The van der Waals surface area contributed by atoms with Gasteiger partial charge in [-0.25, -0.2) is 4.39 Å². The number of fused-ring (bicyclic) bond motifs is 1. The molecule has 0 saturated heterocycles.